The van der Waals surface area contributed by atoms with Crippen molar-refractivity contribution >= 4 is 11.9 Å². The first kappa shape index (κ1) is 13.6. The molecule has 0 spiro atoms. The molecule has 0 bridgehead atoms. The summed E-state index contributed by atoms with van der Waals surface area (Å²) in [5, 5.41) is 9.00. The molecule has 1 saturated heterocycles. The predicted molar refractivity (Wildman–Crippen MR) is 67.9 cm³/mol. The number of aromatic nitrogens is 1. The summed E-state index contributed by atoms with van der Waals surface area (Å²) >= 11 is 0. The standard InChI is InChI=1S/C13H18N2O4/c1-14-6-2-3-11(14)13(18)15(9-12(16)17)10-4-7-19-8-5-10/h2-3,6,10H,4-5,7-9H2,1H3,(H,16,17). The SMILES string of the molecule is Cn1cccc1C(=O)N(CC(=O)O)C1CCOCC1. The lowest BCUT2D eigenvalue weighted by Gasteiger charge is -2.33. The summed E-state index contributed by atoms with van der Waals surface area (Å²) in [4.78, 5) is 24.9. The van der Waals surface area contributed by atoms with Crippen molar-refractivity contribution in [1.29, 1.82) is 0 Å². The number of nitrogens with zero attached hydrogens (tertiary/aromatic N) is 2. The molecule has 0 aliphatic carbocycles. The van der Waals surface area contributed by atoms with Crippen LogP contribution in [0.2, 0.25) is 0 Å². The lowest BCUT2D eigenvalue weighted by molar-refractivity contribution is -0.138. The van der Waals surface area contributed by atoms with E-state index in [4.69, 9.17) is 9.84 Å². The van der Waals surface area contributed by atoms with Crippen molar-refractivity contribution in [3.8, 4) is 0 Å². The molecular weight excluding hydrogens is 248 g/mol. The third-order valence-corrected chi connectivity index (χ3v) is 3.36. The van der Waals surface area contributed by atoms with Crippen molar-refractivity contribution in [3.63, 3.8) is 0 Å². The van der Waals surface area contributed by atoms with E-state index in [9.17, 15) is 9.59 Å². The first-order valence-electron chi connectivity index (χ1n) is 6.31. The molecule has 0 saturated carbocycles. The van der Waals surface area contributed by atoms with Crippen LogP contribution in [-0.4, -0.2) is 52.3 Å². The number of ether oxygens (including phenoxy) is 1. The predicted octanol–water partition coefficient (Wildman–Crippen LogP) is 0.731. The highest BCUT2D eigenvalue weighted by Crippen LogP contribution is 2.17. The van der Waals surface area contributed by atoms with Gasteiger partial charge in [-0.1, -0.05) is 0 Å². The van der Waals surface area contributed by atoms with Crippen molar-refractivity contribution in [2.75, 3.05) is 19.8 Å². The summed E-state index contributed by atoms with van der Waals surface area (Å²) in [5.74, 6) is -1.23. The molecule has 104 valence electrons. The van der Waals surface area contributed by atoms with Gasteiger partial charge in [0.1, 0.15) is 12.2 Å². The quantitative estimate of drug-likeness (QED) is 0.872. The average molecular weight is 266 g/mol. The highest BCUT2D eigenvalue weighted by molar-refractivity contribution is 5.94. The largest absolute Gasteiger partial charge is 0.480 e. The summed E-state index contributed by atoms with van der Waals surface area (Å²) in [6.07, 6.45) is 3.14. The van der Waals surface area contributed by atoms with Gasteiger partial charge in [-0.25, -0.2) is 0 Å². The van der Waals surface area contributed by atoms with Crippen LogP contribution in [0.1, 0.15) is 23.3 Å². The number of aliphatic carboxylic acids is 1. The van der Waals surface area contributed by atoms with E-state index in [1.807, 2.05) is 0 Å². The molecule has 1 aromatic rings. The van der Waals surface area contributed by atoms with Gasteiger partial charge in [0.25, 0.3) is 5.91 Å². The number of hydrogen-bond acceptors (Lipinski definition) is 3. The first-order valence-corrected chi connectivity index (χ1v) is 6.31. The molecule has 6 nitrogen and oxygen atoms in total. The van der Waals surface area contributed by atoms with Gasteiger partial charge in [-0.2, -0.15) is 0 Å². The van der Waals surface area contributed by atoms with Crippen LogP contribution >= 0.6 is 0 Å². The minimum Gasteiger partial charge on any atom is -0.480 e. The maximum atomic E-state index is 12.5. The molecule has 1 aliphatic rings. The number of carboxylic acid groups (broad SMARTS) is 1. The highest BCUT2D eigenvalue weighted by atomic mass is 16.5. The molecule has 0 unspecified atom stereocenters. The van der Waals surface area contributed by atoms with Crippen LogP contribution in [0.5, 0.6) is 0 Å². The summed E-state index contributed by atoms with van der Waals surface area (Å²) in [6.45, 7) is 0.872. The fourth-order valence-corrected chi connectivity index (χ4v) is 2.34. The van der Waals surface area contributed by atoms with E-state index in [1.165, 1.54) is 4.90 Å². The van der Waals surface area contributed by atoms with E-state index in [1.54, 1.807) is 29.9 Å². The Hall–Kier alpha value is -1.82. The molecule has 2 heterocycles. The lowest BCUT2D eigenvalue weighted by Crippen LogP contribution is -2.46. The van der Waals surface area contributed by atoms with Crippen LogP contribution in [0.4, 0.5) is 0 Å². The Labute approximate surface area is 111 Å². The maximum Gasteiger partial charge on any atom is 0.323 e. The van der Waals surface area contributed by atoms with E-state index < -0.39 is 5.97 Å². The Morgan fingerprint density at radius 2 is 2.16 bits per heavy atom. The zero-order valence-electron chi connectivity index (χ0n) is 10.9. The summed E-state index contributed by atoms with van der Waals surface area (Å²) in [6, 6.07) is 3.42. The summed E-state index contributed by atoms with van der Waals surface area (Å²) in [7, 11) is 1.77. The number of carbonyl (C=O) groups is 2. The van der Waals surface area contributed by atoms with Crippen LogP contribution in [0.15, 0.2) is 18.3 Å². The number of hydrogen-bond donors (Lipinski definition) is 1. The van der Waals surface area contributed by atoms with Crippen LogP contribution in [0.3, 0.4) is 0 Å². The Morgan fingerprint density at radius 3 is 2.68 bits per heavy atom. The fourth-order valence-electron chi connectivity index (χ4n) is 2.34. The van der Waals surface area contributed by atoms with Crippen molar-refractivity contribution in [2.24, 2.45) is 7.05 Å². The van der Waals surface area contributed by atoms with Crippen molar-refractivity contribution in [3.05, 3.63) is 24.0 Å². The zero-order chi connectivity index (χ0) is 13.8. The second kappa shape index (κ2) is 5.88. The van der Waals surface area contributed by atoms with Crippen LogP contribution in [0, 0.1) is 0 Å². The highest BCUT2D eigenvalue weighted by Gasteiger charge is 2.29. The minimum atomic E-state index is -0.992. The number of aryl methyl sites for hydroxylation is 1. The number of carboxylic acids is 1. The monoisotopic (exact) mass is 266 g/mol. The van der Waals surface area contributed by atoms with Gasteiger partial charge < -0.3 is 19.3 Å². The molecule has 1 aliphatic heterocycles. The molecule has 1 fully saturated rings. The molecular formula is C13H18N2O4. The van der Waals surface area contributed by atoms with Crippen LogP contribution in [0.25, 0.3) is 0 Å². The second-order valence-corrected chi connectivity index (χ2v) is 4.67. The zero-order valence-corrected chi connectivity index (χ0v) is 10.9. The van der Waals surface area contributed by atoms with Crippen molar-refractivity contribution in [1.82, 2.24) is 9.47 Å². The van der Waals surface area contributed by atoms with Gasteiger partial charge in [-0.05, 0) is 25.0 Å². The van der Waals surface area contributed by atoms with Crippen molar-refractivity contribution in [2.45, 2.75) is 18.9 Å². The topological polar surface area (TPSA) is 71.8 Å². The summed E-state index contributed by atoms with van der Waals surface area (Å²) < 4.78 is 6.96. The molecule has 2 rings (SSSR count). The minimum absolute atomic E-state index is 0.0627. The van der Waals surface area contributed by atoms with Gasteiger partial charge in [0.05, 0.1) is 0 Å². The smallest absolute Gasteiger partial charge is 0.323 e. The molecule has 19 heavy (non-hydrogen) atoms. The second-order valence-electron chi connectivity index (χ2n) is 4.67. The number of amides is 1. The number of carbonyl (C=O) groups excluding carboxylic acids is 1. The summed E-state index contributed by atoms with van der Waals surface area (Å²) in [5.41, 5.74) is 0.507. The molecule has 0 aromatic carbocycles. The van der Waals surface area contributed by atoms with Crippen LogP contribution < -0.4 is 0 Å². The average Bonchev–Trinajstić information content (AvgIpc) is 2.82. The molecule has 6 heteroatoms. The van der Waals surface area contributed by atoms with Crippen LogP contribution in [-0.2, 0) is 16.6 Å². The molecule has 1 N–H and O–H groups in total. The fraction of sp³-hybridized carbons (Fsp3) is 0.538. The Balaban J connectivity index is 2.19. The van der Waals surface area contributed by atoms with Gasteiger partial charge in [-0.15, -0.1) is 0 Å². The van der Waals surface area contributed by atoms with E-state index >= 15 is 0 Å². The lowest BCUT2D eigenvalue weighted by atomic mass is 10.1. The van der Waals surface area contributed by atoms with E-state index in [0.29, 0.717) is 31.7 Å². The molecule has 1 amide bonds. The Bertz CT molecular complexity index is 463. The molecule has 1 aromatic heterocycles. The van der Waals surface area contributed by atoms with Gasteiger partial charge in [0.2, 0.25) is 0 Å². The third-order valence-electron chi connectivity index (χ3n) is 3.36. The maximum absolute atomic E-state index is 12.5. The normalized spacial score (nSPS) is 16.3. The molecule has 0 atom stereocenters. The van der Waals surface area contributed by atoms with Crippen molar-refractivity contribution < 1.29 is 19.4 Å². The van der Waals surface area contributed by atoms with Gasteiger partial charge in [-0.3, -0.25) is 9.59 Å². The van der Waals surface area contributed by atoms with E-state index in [2.05, 4.69) is 0 Å². The van der Waals surface area contributed by atoms with E-state index in [-0.39, 0.29) is 18.5 Å². The van der Waals surface area contributed by atoms with Gasteiger partial charge in [0.15, 0.2) is 0 Å². The third kappa shape index (κ3) is 3.14. The Morgan fingerprint density at radius 1 is 1.47 bits per heavy atom. The van der Waals surface area contributed by atoms with E-state index in [0.717, 1.165) is 0 Å². The van der Waals surface area contributed by atoms with Gasteiger partial charge in [0, 0.05) is 32.5 Å². The molecule has 0 radical (unpaired) electrons. The first-order chi connectivity index (χ1) is 9.09. The number of rotatable bonds is 4. The Kier molecular flexibility index (Phi) is 4.21. The van der Waals surface area contributed by atoms with Gasteiger partial charge >= 0.3 is 5.97 Å².